The van der Waals surface area contributed by atoms with Crippen molar-refractivity contribution in [1.82, 2.24) is 20.8 Å². The second-order valence-corrected chi connectivity index (χ2v) is 4.79. The van der Waals surface area contributed by atoms with Crippen LogP contribution in [0.1, 0.15) is 32.0 Å². The Morgan fingerprint density at radius 3 is 2.24 bits per heavy atom. The lowest BCUT2D eigenvalue weighted by Crippen LogP contribution is -2.34. The molecule has 21 heavy (non-hydrogen) atoms. The Morgan fingerprint density at radius 1 is 1.05 bits per heavy atom. The molecular weight excluding hydrogens is 268 g/mol. The summed E-state index contributed by atoms with van der Waals surface area (Å²) in [4.78, 5) is 23.6. The molecule has 0 bridgehead atoms. The van der Waals surface area contributed by atoms with Gasteiger partial charge in [-0.25, -0.2) is 0 Å². The van der Waals surface area contributed by atoms with Crippen molar-refractivity contribution in [3.8, 4) is 0 Å². The maximum absolute atomic E-state index is 11.8. The first kappa shape index (κ1) is 14.8. The predicted octanol–water partition coefficient (Wildman–Crippen LogP) is 1.19. The average Bonchev–Trinajstić information content (AvgIpc) is 2.90. The Morgan fingerprint density at radius 2 is 1.67 bits per heavy atom. The maximum Gasteiger partial charge on any atom is 0.254 e. The van der Waals surface area contributed by atoms with Gasteiger partial charge in [-0.15, -0.1) is 0 Å². The molecule has 2 aromatic rings. The number of carbonyl (C=O) groups is 2. The number of aryl methyl sites for hydroxylation is 2. The van der Waals surface area contributed by atoms with Crippen LogP contribution in [0.3, 0.4) is 0 Å². The number of aromatic nitrogens is 2. The third-order valence-electron chi connectivity index (χ3n) is 3.08. The molecule has 1 aromatic carbocycles. The van der Waals surface area contributed by atoms with Gasteiger partial charge in [0.05, 0.1) is 11.8 Å². The number of nitrogens with one attached hydrogen (secondary N) is 3. The largest absolute Gasteiger partial charge is 0.350 e. The zero-order valence-corrected chi connectivity index (χ0v) is 12.1. The zero-order chi connectivity index (χ0) is 15.2. The van der Waals surface area contributed by atoms with Crippen LogP contribution >= 0.6 is 0 Å². The van der Waals surface area contributed by atoms with Gasteiger partial charge < -0.3 is 10.6 Å². The number of hydrogen-bond donors (Lipinski definition) is 3. The molecule has 0 saturated carbocycles. The van der Waals surface area contributed by atoms with Gasteiger partial charge in [-0.05, 0) is 26.0 Å². The summed E-state index contributed by atoms with van der Waals surface area (Å²) in [5, 5.41) is 12.0. The second-order valence-electron chi connectivity index (χ2n) is 4.79. The summed E-state index contributed by atoms with van der Waals surface area (Å²) < 4.78 is 0. The molecule has 1 aromatic heterocycles. The Balaban J connectivity index is 1.75. The highest BCUT2D eigenvalue weighted by atomic mass is 16.2. The van der Waals surface area contributed by atoms with Crippen molar-refractivity contribution in [2.45, 2.75) is 13.8 Å². The van der Waals surface area contributed by atoms with E-state index >= 15 is 0 Å². The molecule has 0 fully saturated rings. The number of aromatic amines is 1. The van der Waals surface area contributed by atoms with Crippen LogP contribution in [0.15, 0.2) is 30.5 Å². The first-order chi connectivity index (χ1) is 10.1. The lowest BCUT2D eigenvalue weighted by molar-refractivity contribution is 0.0927. The van der Waals surface area contributed by atoms with Crippen LogP contribution in [0.25, 0.3) is 0 Å². The minimum Gasteiger partial charge on any atom is -0.350 e. The molecule has 3 N–H and O–H groups in total. The zero-order valence-electron chi connectivity index (χ0n) is 12.1. The van der Waals surface area contributed by atoms with E-state index in [-0.39, 0.29) is 11.8 Å². The van der Waals surface area contributed by atoms with Crippen molar-refractivity contribution in [3.05, 3.63) is 52.8 Å². The fourth-order valence-corrected chi connectivity index (χ4v) is 1.83. The summed E-state index contributed by atoms with van der Waals surface area (Å²) >= 11 is 0. The fourth-order valence-electron chi connectivity index (χ4n) is 1.83. The van der Waals surface area contributed by atoms with Gasteiger partial charge in [0.15, 0.2) is 0 Å². The minimum atomic E-state index is -0.203. The Bertz CT molecular complexity index is 631. The summed E-state index contributed by atoms with van der Waals surface area (Å²) in [7, 11) is 0. The molecule has 1 heterocycles. The van der Waals surface area contributed by atoms with E-state index < -0.39 is 0 Å². The molecule has 0 saturated heterocycles. The van der Waals surface area contributed by atoms with Gasteiger partial charge in [0.25, 0.3) is 11.8 Å². The molecule has 0 aliphatic heterocycles. The average molecular weight is 286 g/mol. The lowest BCUT2D eigenvalue weighted by Gasteiger charge is -2.07. The molecule has 0 radical (unpaired) electrons. The summed E-state index contributed by atoms with van der Waals surface area (Å²) in [6.07, 6.45) is 1.48. The highest BCUT2D eigenvalue weighted by molar-refractivity contribution is 5.95. The molecule has 6 nitrogen and oxygen atoms in total. The van der Waals surface area contributed by atoms with E-state index in [0.29, 0.717) is 24.2 Å². The number of hydrogen-bond acceptors (Lipinski definition) is 3. The van der Waals surface area contributed by atoms with Crippen LogP contribution in [-0.2, 0) is 0 Å². The quantitative estimate of drug-likeness (QED) is 0.721. The number of nitrogens with zero attached hydrogens (tertiary/aromatic N) is 1. The van der Waals surface area contributed by atoms with Gasteiger partial charge >= 0.3 is 0 Å². The molecule has 0 aliphatic carbocycles. The third kappa shape index (κ3) is 3.92. The van der Waals surface area contributed by atoms with Gasteiger partial charge in [-0.3, -0.25) is 14.7 Å². The van der Waals surface area contributed by atoms with Crippen LogP contribution in [0.2, 0.25) is 0 Å². The van der Waals surface area contributed by atoms with Gasteiger partial charge in [0.2, 0.25) is 0 Å². The summed E-state index contributed by atoms with van der Waals surface area (Å²) in [6, 6.07) is 7.33. The van der Waals surface area contributed by atoms with Crippen LogP contribution in [0.5, 0.6) is 0 Å². The van der Waals surface area contributed by atoms with Gasteiger partial charge in [0.1, 0.15) is 0 Å². The number of rotatable bonds is 5. The number of H-pyrrole nitrogens is 1. The molecule has 2 rings (SSSR count). The normalized spacial score (nSPS) is 10.2. The van der Waals surface area contributed by atoms with E-state index in [2.05, 4.69) is 20.8 Å². The second kappa shape index (κ2) is 6.69. The smallest absolute Gasteiger partial charge is 0.254 e. The molecular formula is C15H18N4O2. The standard InChI is InChI=1S/C15H18N4O2/c1-10-3-5-12(6-4-10)14(20)16-7-8-17-15(21)13-9-18-19-11(13)2/h3-6,9H,7-8H2,1-2H3,(H,16,20)(H,17,21)(H,18,19). The summed E-state index contributed by atoms with van der Waals surface area (Å²) in [5.41, 5.74) is 2.95. The molecule has 0 unspecified atom stereocenters. The summed E-state index contributed by atoms with van der Waals surface area (Å²) in [6.45, 7) is 4.48. The molecule has 2 amide bonds. The van der Waals surface area contributed by atoms with E-state index in [1.807, 2.05) is 19.1 Å². The molecule has 110 valence electrons. The monoisotopic (exact) mass is 286 g/mol. The molecule has 6 heteroatoms. The Hall–Kier alpha value is -2.63. The predicted molar refractivity (Wildman–Crippen MR) is 79.2 cm³/mol. The third-order valence-corrected chi connectivity index (χ3v) is 3.08. The van der Waals surface area contributed by atoms with E-state index in [9.17, 15) is 9.59 Å². The molecule has 0 atom stereocenters. The first-order valence-corrected chi connectivity index (χ1v) is 6.71. The van der Waals surface area contributed by atoms with Gasteiger partial charge in [-0.1, -0.05) is 17.7 Å². The maximum atomic E-state index is 11.8. The van der Waals surface area contributed by atoms with Crippen LogP contribution in [0, 0.1) is 13.8 Å². The van der Waals surface area contributed by atoms with Crippen LogP contribution in [-0.4, -0.2) is 35.1 Å². The van der Waals surface area contributed by atoms with Gasteiger partial charge in [0, 0.05) is 24.3 Å². The Labute approximate surface area is 122 Å². The Kier molecular flexibility index (Phi) is 4.71. The minimum absolute atomic E-state index is 0.149. The number of amides is 2. The van der Waals surface area contributed by atoms with Crippen LogP contribution in [0.4, 0.5) is 0 Å². The number of benzene rings is 1. The summed E-state index contributed by atoms with van der Waals surface area (Å²) in [5.74, 6) is -0.352. The number of carbonyl (C=O) groups excluding carboxylic acids is 2. The highest BCUT2D eigenvalue weighted by Gasteiger charge is 2.10. The van der Waals surface area contributed by atoms with Crippen molar-refractivity contribution in [2.24, 2.45) is 0 Å². The molecule has 0 spiro atoms. The fraction of sp³-hybridized carbons (Fsp3) is 0.267. The first-order valence-electron chi connectivity index (χ1n) is 6.71. The van der Waals surface area contributed by atoms with E-state index in [4.69, 9.17) is 0 Å². The van der Waals surface area contributed by atoms with Gasteiger partial charge in [-0.2, -0.15) is 5.10 Å². The van der Waals surface area contributed by atoms with E-state index in [0.717, 1.165) is 11.3 Å². The lowest BCUT2D eigenvalue weighted by atomic mass is 10.1. The van der Waals surface area contributed by atoms with Crippen molar-refractivity contribution in [3.63, 3.8) is 0 Å². The topological polar surface area (TPSA) is 86.9 Å². The van der Waals surface area contributed by atoms with Crippen molar-refractivity contribution >= 4 is 11.8 Å². The van der Waals surface area contributed by atoms with Crippen molar-refractivity contribution in [2.75, 3.05) is 13.1 Å². The van der Waals surface area contributed by atoms with Crippen LogP contribution < -0.4 is 10.6 Å². The highest BCUT2D eigenvalue weighted by Crippen LogP contribution is 2.03. The van der Waals surface area contributed by atoms with E-state index in [1.54, 1.807) is 19.1 Å². The van der Waals surface area contributed by atoms with E-state index in [1.165, 1.54) is 6.20 Å². The SMILES string of the molecule is Cc1ccc(C(=O)NCCNC(=O)c2cn[nH]c2C)cc1. The van der Waals surface area contributed by atoms with Crippen molar-refractivity contribution < 1.29 is 9.59 Å². The molecule has 0 aliphatic rings. The van der Waals surface area contributed by atoms with Crippen molar-refractivity contribution in [1.29, 1.82) is 0 Å².